The van der Waals surface area contributed by atoms with Gasteiger partial charge in [0, 0.05) is 13.2 Å². The predicted octanol–water partition coefficient (Wildman–Crippen LogP) is 0.474. The van der Waals surface area contributed by atoms with Gasteiger partial charge in [0.15, 0.2) is 0 Å². The van der Waals surface area contributed by atoms with Crippen LogP contribution < -0.4 is 5.73 Å². The minimum atomic E-state index is 0.167. The monoisotopic (exact) mass is 268 g/mol. The first kappa shape index (κ1) is 19.6. The molecule has 0 amide bonds. The van der Waals surface area contributed by atoms with Crippen LogP contribution in [0.1, 0.15) is 13.8 Å². The second-order valence-electron chi connectivity index (χ2n) is 2.77. The number of hydrogen-bond donors (Lipinski definition) is 1. The predicted molar refractivity (Wildman–Crippen MR) is 65.7 cm³/mol. The van der Waals surface area contributed by atoms with E-state index in [1.165, 1.54) is 14.2 Å². The van der Waals surface area contributed by atoms with Gasteiger partial charge in [-0.3, -0.25) is 0 Å². The Balaban J connectivity index is 0. The van der Waals surface area contributed by atoms with Crippen molar-refractivity contribution in [2.24, 2.45) is 10.9 Å². The average molecular weight is 268 g/mol. The van der Waals surface area contributed by atoms with Crippen molar-refractivity contribution in [1.82, 2.24) is 0 Å². The maximum absolute atomic E-state index is 5.01. The van der Waals surface area contributed by atoms with Gasteiger partial charge in [-0.15, -0.1) is 0 Å². The van der Waals surface area contributed by atoms with E-state index in [1.807, 2.05) is 6.92 Å². The third-order valence-corrected chi connectivity index (χ3v) is 1.27. The molecule has 0 fully saturated rings. The molecular formula is C10H24N2O6. The van der Waals surface area contributed by atoms with Crippen LogP contribution in [-0.2, 0) is 29.1 Å². The van der Waals surface area contributed by atoms with Gasteiger partial charge < -0.3 is 15.3 Å². The van der Waals surface area contributed by atoms with Crippen molar-refractivity contribution >= 4 is 5.71 Å². The fourth-order valence-electron chi connectivity index (χ4n) is 0.559. The number of oxime groups is 1. The highest BCUT2D eigenvalue weighted by Crippen LogP contribution is 1.84. The maximum Gasteiger partial charge on any atom is 0.216 e. The van der Waals surface area contributed by atoms with Crippen LogP contribution in [0, 0.1) is 0 Å². The first-order valence-corrected chi connectivity index (χ1v) is 5.47. The van der Waals surface area contributed by atoms with E-state index in [1.54, 1.807) is 6.92 Å². The third-order valence-electron chi connectivity index (χ3n) is 1.27. The Kier molecular flexibility index (Phi) is 20.2. The summed E-state index contributed by atoms with van der Waals surface area (Å²) in [4.78, 5) is 22.3. The number of nitrogens with two attached hydrogens (primary N) is 1. The quantitative estimate of drug-likeness (QED) is 0.202. The molecule has 0 radical (unpaired) electrons. The summed E-state index contributed by atoms with van der Waals surface area (Å²) in [7, 11) is 2.89. The molecule has 0 aromatic heterocycles. The van der Waals surface area contributed by atoms with Crippen LogP contribution >= 0.6 is 0 Å². The van der Waals surface area contributed by atoms with Gasteiger partial charge in [-0.05, 0) is 13.8 Å². The highest BCUT2D eigenvalue weighted by molar-refractivity contribution is 5.82. The second kappa shape index (κ2) is 18.6. The van der Waals surface area contributed by atoms with Crippen LogP contribution in [0.3, 0.4) is 0 Å². The minimum absolute atomic E-state index is 0.167. The van der Waals surface area contributed by atoms with Crippen molar-refractivity contribution in [2.75, 3.05) is 47.4 Å². The Morgan fingerprint density at radius 1 is 1.17 bits per heavy atom. The van der Waals surface area contributed by atoms with Crippen LogP contribution in [0.4, 0.5) is 0 Å². The first-order valence-electron chi connectivity index (χ1n) is 5.47. The van der Waals surface area contributed by atoms with E-state index >= 15 is 0 Å². The molecule has 0 aromatic carbocycles. The molecule has 0 bridgehead atoms. The lowest BCUT2D eigenvalue weighted by molar-refractivity contribution is -0.269. The van der Waals surface area contributed by atoms with E-state index in [0.717, 1.165) is 0 Å². The number of nitrogens with zero attached hydrogens (tertiary/aromatic N) is 1. The molecule has 0 saturated carbocycles. The zero-order valence-electron chi connectivity index (χ0n) is 11.5. The average Bonchev–Trinajstić information content (AvgIpc) is 2.39. The van der Waals surface area contributed by atoms with Gasteiger partial charge in [0.1, 0.15) is 6.61 Å². The lowest BCUT2D eigenvalue weighted by Gasteiger charge is -2.01. The fourth-order valence-corrected chi connectivity index (χ4v) is 0.559. The molecule has 0 aliphatic carbocycles. The number of ether oxygens (including phenoxy) is 1. The summed E-state index contributed by atoms with van der Waals surface area (Å²) in [6.07, 6.45) is 0. The van der Waals surface area contributed by atoms with E-state index in [-0.39, 0.29) is 6.79 Å². The number of hydrogen-bond acceptors (Lipinski definition) is 8. The van der Waals surface area contributed by atoms with Crippen molar-refractivity contribution in [3.05, 3.63) is 0 Å². The maximum atomic E-state index is 5.01. The molecule has 110 valence electrons. The Morgan fingerprint density at radius 2 is 1.83 bits per heavy atom. The van der Waals surface area contributed by atoms with Crippen molar-refractivity contribution in [1.29, 1.82) is 0 Å². The van der Waals surface area contributed by atoms with Gasteiger partial charge in [-0.1, -0.05) is 5.16 Å². The van der Waals surface area contributed by atoms with Crippen molar-refractivity contribution in [3.63, 3.8) is 0 Å². The Labute approximate surface area is 108 Å². The largest absolute Gasteiger partial charge is 0.367 e. The Bertz CT molecular complexity index is 176. The lowest BCUT2D eigenvalue weighted by atomic mass is 10.5. The smallest absolute Gasteiger partial charge is 0.216 e. The molecule has 0 saturated heterocycles. The highest BCUT2D eigenvalue weighted by Gasteiger charge is 1.91. The topological polar surface area (TPSA) is 93.8 Å². The van der Waals surface area contributed by atoms with E-state index in [4.69, 9.17) is 15.3 Å². The molecule has 8 nitrogen and oxygen atoms in total. The van der Waals surface area contributed by atoms with Crippen LogP contribution in [0.15, 0.2) is 5.16 Å². The van der Waals surface area contributed by atoms with Gasteiger partial charge in [-0.2, -0.15) is 0 Å². The summed E-state index contributed by atoms with van der Waals surface area (Å²) in [5.41, 5.74) is 5.70. The van der Waals surface area contributed by atoms with Crippen LogP contribution in [0.5, 0.6) is 0 Å². The summed E-state index contributed by atoms with van der Waals surface area (Å²) in [5, 5.41) is 3.69. The SMILES string of the molecule is CCOCON=C(C)COOC.COOCCN. The summed E-state index contributed by atoms with van der Waals surface area (Å²) in [6, 6.07) is 0. The zero-order valence-corrected chi connectivity index (χ0v) is 11.5. The normalized spacial score (nSPS) is 10.8. The number of rotatable bonds is 10. The van der Waals surface area contributed by atoms with Gasteiger partial charge in [0.05, 0.1) is 26.5 Å². The summed E-state index contributed by atoms with van der Waals surface area (Å²) in [5.74, 6) is 0. The molecule has 0 rings (SSSR count). The van der Waals surface area contributed by atoms with Crippen LogP contribution in [-0.4, -0.2) is 53.1 Å². The van der Waals surface area contributed by atoms with Crippen LogP contribution in [0.25, 0.3) is 0 Å². The molecule has 8 heteroatoms. The minimum Gasteiger partial charge on any atom is -0.367 e. The zero-order chi connectivity index (χ0) is 14.1. The molecule has 18 heavy (non-hydrogen) atoms. The Morgan fingerprint density at radius 3 is 2.28 bits per heavy atom. The molecule has 0 spiro atoms. The molecule has 0 unspecified atom stereocenters. The molecule has 0 atom stereocenters. The lowest BCUT2D eigenvalue weighted by Crippen LogP contribution is -2.07. The standard InChI is InChI=1S/C7H15NO4.C3H9NO2/c1-4-10-6-11-8-7(2)5-12-9-3;1-5-6-3-2-4/h4-6H2,1-3H3;2-4H2,1H3. The van der Waals surface area contributed by atoms with Crippen LogP contribution in [0.2, 0.25) is 0 Å². The highest BCUT2D eigenvalue weighted by atomic mass is 17.2. The van der Waals surface area contributed by atoms with Gasteiger partial charge in [0.25, 0.3) is 0 Å². The molecule has 0 aliphatic heterocycles. The molecule has 0 aromatic rings. The van der Waals surface area contributed by atoms with E-state index in [0.29, 0.717) is 32.1 Å². The molecular weight excluding hydrogens is 244 g/mol. The van der Waals surface area contributed by atoms with E-state index in [9.17, 15) is 0 Å². The second-order valence-corrected chi connectivity index (χ2v) is 2.77. The van der Waals surface area contributed by atoms with Crippen molar-refractivity contribution in [2.45, 2.75) is 13.8 Å². The van der Waals surface area contributed by atoms with Crippen molar-refractivity contribution < 1.29 is 29.1 Å². The fraction of sp³-hybridized carbons (Fsp3) is 0.900. The third kappa shape index (κ3) is 20.6. The van der Waals surface area contributed by atoms with Gasteiger partial charge in [0.2, 0.25) is 6.79 Å². The van der Waals surface area contributed by atoms with Crippen molar-refractivity contribution in [3.8, 4) is 0 Å². The van der Waals surface area contributed by atoms with Gasteiger partial charge in [-0.25, -0.2) is 19.6 Å². The van der Waals surface area contributed by atoms with E-state index < -0.39 is 0 Å². The molecule has 2 N–H and O–H groups in total. The molecule has 0 heterocycles. The Hall–Kier alpha value is -0.770. The van der Waals surface area contributed by atoms with Gasteiger partial charge >= 0.3 is 0 Å². The van der Waals surface area contributed by atoms with E-state index in [2.05, 4.69) is 24.7 Å². The summed E-state index contributed by atoms with van der Waals surface area (Å²) >= 11 is 0. The summed E-state index contributed by atoms with van der Waals surface area (Å²) < 4.78 is 4.89. The molecule has 0 aliphatic rings. The first-order chi connectivity index (χ1) is 8.72. The summed E-state index contributed by atoms with van der Waals surface area (Å²) in [6.45, 7) is 5.70.